The summed E-state index contributed by atoms with van der Waals surface area (Å²) in [6.45, 7) is 3.49. The van der Waals surface area contributed by atoms with Crippen LogP contribution in [0.3, 0.4) is 0 Å². The number of hydrogen-bond acceptors (Lipinski definition) is 4. The lowest BCUT2D eigenvalue weighted by Gasteiger charge is -2.15. The molecule has 3 aromatic rings. The quantitative estimate of drug-likeness (QED) is 0.680. The number of nitrogens with zero attached hydrogens (tertiary/aromatic N) is 1. The van der Waals surface area contributed by atoms with E-state index in [2.05, 4.69) is 4.72 Å². The molecule has 0 amide bonds. The number of sulfonamides is 1. The fraction of sp³-hybridized carbons (Fsp3) is 0.300. The van der Waals surface area contributed by atoms with Crippen molar-refractivity contribution in [3.05, 3.63) is 59.3 Å². The molecule has 27 heavy (non-hydrogen) atoms. The zero-order valence-electron chi connectivity index (χ0n) is 15.9. The van der Waals surface area contributed by atoms with E-state index in [9.17, 15) is 13.5 Å². The van der Waals surface area contributed by atoms with Gasteiger partial charge < -0.3 is 14.4 Å². The molecule has 0 saturated carbocycles. The summed E-state index contributed by atoms with van der Waals surface area (Å²) < 4.78 is 35.0. The molecule has 1 atom stereocenters. The highest BCUT2D eigenvalue weighted by molar-refractivity contribution is 7.89. The van der Waals surface area contributed by atoms with Crippen molar-refractivity contribution in [3.63, 3.8) is 0 Å². The van der Waals surface area contributed by atoms with E-state index in [-0.39, 0.29) is 11.4 Å². The Labute approximate surface area is 159 Å². The van der Waals surface area contributed by atoms with Crippen LogP contribution in [0.5, 0.6) is 5.75 Å². The molecule has 0 fully saturated rings. The summed E-state index contributed by atoms with van der Waals surface area (Å²) in [5, 5.41) is 11.4. The highest BCUT2D eigenvalue weighted by Gasteiger charge is 2.19. The normalized spacial score (nSPS) is 13.1. The molecule has 1 aromatic heterocycles. The highest BCUT2D eigenvalue weighted by atomic mass is 32.2. The lowest BCUT2D eigenvalue weighted by Crippen LogP contribution is -2.28. The Kier molecular flexibility index (Phi) is 5.28. The van der Waals surface area contributed by atoms with Crippen molar-refractivity contribution in [1.82, 2.24) is 9.29 Å². The number of rotatable bonds is 6. The number of aliphatic hydroxyl groups is 1. The first-order valence-corrected chi connectivity index (χ1v) is 10.1. The number of fused-ring (bicyclic) bond motifs is 1. The number of benzene rings is 2. The van der Waals surface area contributed by atoms with E-state index in [0.717, 1.165) is 22.0 Å². The SMILES string of the molecule is COc1c(C)cc(S(=O)(=O)NCC(O)c2ccc3c(ccn3C)c2)cc1C. The Balaban J connectivity index is 1.77. The first kappa shape index (κ1) is 19.4. The van der Waals surface area contributed by atoms with Gasteiger partial charge in [-0.1, -0.05) is 6.07 Å². The predicted molar refractivity (Wildman–Crippen MR) is 106 cm³/mol. The van der Waals surface area contributed by atoms with Crippen LogP contribution >= 0.6 is 0 Å². The van der Waals surface area contributed by atoms with Crippen LogP contribution in [0.15, 0.2) is 47.5 Å². The number of hydrogen-bond donors (Lipinski definition) is 2. The molecule has 2 N–H and O–H groups in total. The van der Waals surface area contributed by atoms with Gasteiger partial charge in [0.1, 0.15) is 5.75 Å². The summed E-state index contributed by atoms with van der Waals surface area (Å²) in [5.41, 5.74) is 3.20. The van der Waals surface area contributed by atoms with Crippen molar-refractivity contribution >= 4 is 20.9 Å². The third-order valence-electron chi connectivity index (χ3n) is 4.71. The molecule has 0 aliphatic carbocycles. The van der Waals surface area contributed by atoms with Crippen LogP contribution < -0.4 is 9.46 Å². The largest absolute Gasteiger partial charge is 0.496 e. The monoisotopic (exact) mass is 388 g/mol. The van der Waals surface area contributed by atoms with Crippen LogP contribution in [0.4, 0.5) is 0 Å². The van der Waals surface area contributed by atoms with Crippen LogP contribution in [0, 0.1) is 13.8 Å². The molecule has 6 nitrogen and oxygen atoms in total. The molecule has 3 rings (SSSR count). The molecule has 0 spiro atoms. The average molecular weight is 388 g/mol. The molecule has 0 radical (unpaired) electrons. The van der Waals surface area contributed by atoms with Crippen LogP contribution in [-0.4, -0.2) is 31.7 Å². The number of nitrogens with one attached hydrogen (secondary N) is 1. The van der Waals surface area contributed by atoms with Gasteiger partial charge in [-0.2, -0.15) is 0 Å². The Morgan fingerprint density at radius 3 is 2.44 bits per heavy atom. The first-order valence-electron chi connectivity index (χ1n) is 8.61. The van der Waals surface area contributed by atoms with Crippen LogP contribution in [0.25, 0.3) is 10.9 Å². The summed E-state index contributed by atoms with van der Waals surface area (Å²) in [6, 6.07) is 10.7. The first-order chi connectivity index (χ1) is 12.7. The van der Waals surface area contributed by atoms with Gasteiger partial charge in [-0.25, -0.2) is 13.1 Å². The van der Waals surface area contributed by atoms with E-state index in [1.54, 1.807) is 33.1 Å². The van der Waals surface area contributed by atoms with Gasteiger partial charge in [0, 0.05) is 25.3 Å². The summed E-state index contributed by atoms with van der Waals surface area (Å²) in [6.07, 6.45) is 1.00. The smallest absolute Gasteiger partial charge is 0.240 e. The van der Waals surface area contributed by atoms with Crippen molar-refractivity contribution in [3.8, 4) is 5.75 Å². The molecule has 144 valence electrons. The second kappa shape index (κ2) is 7.34. The topological polar surface area (TPSA) is 80.6 Å². The summed E-state index contributed by atoms with van der Waals surface area (Å²) in [7, 11) is -0.234. The van der Waals surface area contributed by atoms with Gasteiger partial charge >= 0.3 is 0 Å². The second-order valence-corrected chi connectivity index (χ2v) is 8.47. The van der Waals surface area contributed by atoms with E-state index in [1.807, 2.05) is 42.1 Å². The summed E-state index contributed by atoms with van der Waals surface area (Å²) in [4.78, 5) is 0.156. The number of ether oxygens (including phenoxy) is 1. The van der Waals surface area contributed by atoms with Gasteiger partial charge in [0.05, 0.1) is 18.1 Å². The van der Waals surface area contributed by atoms with Gasteiger partial charge in [-0.15, -0.1) is 0 Å². The predicted octanol–water partition coefficient (Wildman–Crippen LogP) is 2.82. The zero-order valence-corrected chi connectivity index (χ0v) is 16.7. The third-order valence-corrected chi connectivity index (χ3v) is 6.11. The fourth-order valence-corrected chi connectivity index (χ4v) is 4.49. The maximum atomic E-state index is 12.6. The highest BCUT2D eigenvalue weighted by Crippen LogP contribution is 2.27. The number of aromatic nitrogens is 1. The molecular formula is C20H24N2O4S. The minimum Gasteiger partial charge on any atom is -0.496 e. The fourth-order valence-electron chi connectivity index (χ4n) is 3.28. The Morgan fingerprint density at radius 2 is 1.81 bits per heavy atom. The second-order valence-electron chi connectivity index (χ2n) is 6.70. The third kappa shape index (κ3) is 3.85. The minimum atomic E-state index is -3.74. The summed E-state index contributed by atoms with van der Waals surface area (Å²) in [5.74, 6) is 0.671. The Bertz CT molecular complexity index is 1060. The van der Waals surface area contributed by atoms with Crippen molar-refractivity contribution < 1.29 is 18.3 Å². The molecule has 0 aliphatic rings. The molecule has 1 heterocycles. The number of aliphatic hydroxyl groups excluding tert-OH is 1. The maximum Gasteiger partial charge on any atom is 0.240 e. The molecular weight excluding hydrogens is 364 g/mol. The zero-order chi connectivity index (χ0) is 19.8. The Morgan fingerprint density at radius 1 is 1.15 bits per heavy atom. The lowest BCUT2D eigenvalue weighted by atomic mass is 10.1. The maximum absolute atomic E-state index is 12.6. The molecule has 1 unspecified atom stereocenters. The van der Waals surface area contributed by atoms with Gasteiger partial charge in [0.2, 0.25) is 10.0 Å². The van der Waals surface area contributed by atoms with Crippen molar-refractivity contribution in [2.45, 2.75) is 24.8 Å². The molecule has 0 saturated heterocycles. The van der Waals surface area contributed by atoms with Gasteiger partial charge in [-0.3, -0.25) is 0 Å². The Hall–Kier alpha value is -2.35. The number of aryl methyl sites for hydroxylation is 3. The van der Waals surface area contributed by atoms with Crippen molar-refractivity contribution in [1.29, 1.82) is 0 Å². The van der Waals surface area contributed by atoms with Gasteiger partial charge in [-0.05, 0) is 66.3 Å². The number of methoxy groups -OCH3 is 1. The van der Waals surface area contributed by atoms with E-state index in [1.165, 1.54) is 0 Å². The molecule has 7 heteroatoms. The van der Waals surface area contributed by atoms with Crippen molar-refractivity contribution in [2.24, 2.45) is 7.05 Å². The van der Waals surface area contributed by atoms with Gasteiger partial charge in [0.15, 0.2) is 0 Å². The van der Waals surface area contributed by atoms with E-state index in [4.69, 9.17) is 4.74 Å². The van der Waals surface area contributed by atoms with E-state index < -0.39 is 16.1 Å². The molecule has 0 bridgehead atoms. The van der Waals surface area contributed by atoms with E-state index in [0.29, 0.717) is 11.3 Å². The standard InChI is InChI=1S/C20H24N2O4S/c1-13-9-17(10-14(2)20(13)26-4)27(24,25)21-12-19(23)16-5-6-18-15(11-16)7-8-22(18)3/h5-11,19,21,23H,12H2,1-4H3. The molecule has 2 aromatic carbocycles. The lowest BCUT2D eigenvalue weighted by molar-refractivity contribution is 0.182. The van der Waals surface area contributed by atoms with Crippen LogP contribution in [-0.2, 0) is 17.1 Å². The average Bonchev–Trinajstić information content (AvgIpc) is 3.00. The molecule has 0 aliphatic heterocycles. The van der Waals surface area contributed by atoms with Crippen LogP contribution in [0.2, 0.25) is 0 Å². The van der Waals surface area contributed by atoms with E-state index >= 15 is 0 Å². The van der Waals surface area contributed by atoms with Crippen molar-refractivity contribution in [2.75, 3.05) is 13.7 Å². The minimum absolute atomic E-state index is 0.106. The van der Waals surface area contributed by atoms with Crippen LogP contribution in [0.1, 0.15) is 22.8 Å². The van der Waals surface area contributed by atoms with Gasteiger partial charge in [0.25, 0.3) is 0 Å². The summed E-state index contributed by atoms with van der Waals surface area (Å²) >= 11 is 0.